The molecule has 0 fully saturated rings. The summed E-state index contributed by atoms with van der Waals surface area (Å²) >= 11 is 0. The molecule has 0 atom stereocenters. The highest BCUT2D eigenvalue weighted by molar-refractivity contribution is 5.85. The average Bonchev–Trinajstić information content (AvgIpc) is 2.71. The van der Waals surface area contributed by atoms with Crippen LogP contribution >= 0.6 is 0 Å². The topological polar surface area (TPSA) is 15.8 Å². The smallest absolute Gasteiger partial charge is 0.361 e. The van der Waals surface area contributed by atoms with Gasteiger partial charge < -0.3 is 4.98 Å². The number of alkyl halides is 3. The Balaban J connectivity index is 2.64. The zero-order valence-corrected chi connectivity index (χ0v) is 10.7. The zero-order valence-electron chi connectivity index (χ0n) is 10.7. The van der Waals surface area contributed by atoms with Gasteiger partial charge in [-0.05, 0) is 35.6 Å². The third-order valence-electron chi connectivity index (χ3n) is 3.62. The van der Waals surface area contributed by atoms with Gasteiger partial charge in [0.2, 0.25) is 0 Å². The first-order valence-electron chi connectivity index (χ1n) is 5.94. The van der Waals surface area contributed by atoms with Gasteiger partial charge in [-0.15, -0.1) is 0 Å². The highest BCUT2D eigenvalue weighted by atomic mass is 19.4. The van der Waals surface area contributed by atoms with Gasteiger partial charge in [-0.3, -0.25) is 0 Å². The number of rotatable bonds is 2. The van der Waals surface area contributed by atoms with E-state index in [9.17, 15) is 13.2 Å². The lowest BCUT2D eigenvalue weighted by Gasteiger charge is -2.22. The molecule has 98 valence electrons. The molecule has 0 aliphatic rings. The molecule has 4 heteroatoms. The Labute approximate surface area is 104 Å². The molecule has 2 aromatic rings. The minimum Gasteiger partial charge on any atom is -0.361 e. The number of aromatic nitrogens is 1. The summed E-state index contributed by atoms with van der Waals surface area (Å²) in [5, 5.41) is 0.664. The van der Waals surface area contributed by atoms with Crippen LogP contribution in [0, 0.1) is 0 Å². The van der Waals surface area contributed by atoms with E-state index < -0.39 is 11.7 Å². The Hall–Kier alpha value is -1.45. The molecule has 18 heavy (non-hydrogen) atoms. The molecule has 0 aliphatic heterocycles. The predicted molar refractivity (Wildman–Crippen MR) is 66.6 cm³/mol. The second-order valence-corrected chi connectivity index (χ2v) is 5.20. The van der Waals surface area contributed by atoms with Crippen LogP contribution in [0.1, 0.15) is 38.3 Å². The lowest BCUT2D eigenvalue weighted by Crippen LogP contribution is -2.14. The fourth-order valence-corrected chi connectivity index (χ4v) is 2.05. The molecule has 0 amide bonds. The minimum atomic E-state index is -4.29. The van der Waals surface area contributed by atoms with Crippen molar-refractivity contribution in [2.45, 2.75) is 38.8 Å². The third-order valence-corrected chi connectivity index (χ3v) is 3.62. The first-order valence-corrected chi connectivity index (χ1v) is 5.94. The summed E-state index contributed by atoms with van der Waals surface area (Å²) < 4.78 is 38.2. The van der Waals surface area contributed by atoms with Crippen molar-refractivity contribution in [1.29, 1.82) is 0 Å². The molecule has 0 unspecified atom stereocenters. The van der Waals surface area contributed by atoms with E-state index in [4.69, 9.17) is 0 Å². The molecule has 0 aliphatic carbocycles. The molecule has 0 bridgehead atoms. The van der Waals surface area contributed by atoms with Crippen LogP contribution in [-0.2, 0) is 11.6 Å². The lowest BCUT2D eigenvalue weighted by molar-refractivity contribution is -0.137. The van der Waals surface area contributed by atoms with E-state index in [0.717, 1.165) is 23.6 Å². The maximum atomic E-state index is 12.7. The van der Waals surface area contributed by atoms with Crippen LogP contribution in [0.2, 0.25) is 0 Å². The second-order valence-electron chi connectivity index (χ2n) is 5.20. The minimum absolute atomic E-state index is 0.136. The number of benzene rings is 1. The van der Waals surface area contributed by atoms with Crippen molar-refractivity contribution in [3.05, 3.63) is 35.5 Å². The highest BCUT2D eigenvalue weighted by Gasteiger charge is 2.31. The molecular formula is C14H16F3N. The summed E-state index contributed by atoms with van der Waals surface area (Å²) in [7, 11) is 0. The van der Waals surface area contributed by atoms with E-state index in [2.05, 4.69) is 4.98 Å². The maximum Gasteiger partial charge on any atom is 0.416 e. The van der Waals surface area contributed by atoms with Crippen molar-refractivity contribution in [3.8, 4) is 0 Å². The summed E-state index contributed by atoms with van der Waals surface area (Å²) in [6.07, 6.45) is -1.61. The molecule has 1 aromatic heterocycles. The number of halogens is 3. The van der Waals surface area contributed by atoms with Crippen LogP contribution in [0.5, 0.6) is 0 Å². The van der Waals surface area contributed by atoms with Gasteiger partial charge in [-0.1, -0.05) is 20.8 Å². The van der Waals surface area contributed by atoms with Gasteiger partial charge >= 0.3 is 6.18 Å². The van der Waals surface area contributed by atoms with E-state index in [1.54, 1.807) is 0 Å². The van der Waals surface area contributed by atoms with E-state index in [0.29, 0.717) is 5.39 Å². The normalized spacial score (nSPS) is 13.2. The van der Waals surface area contributed by atoms with Crippen molar-refractivity contribution in [3.63, 3.8) is 0 Å². The standard InChI is InChI=1S/C14H16F3N/c1-4-13(2,3)11-8-18-12-6-5-9(7-10(11)12)14(15,16)17/h5-8,18H,4H2,1-3H3. The van der Waals surface area contributed by atoms with E-state index >= 15 is 0 Å². The summed E-state index contributed by atoms with van der Waals surface area (Å²) in [6.45, 7) is 6.11. The van der Waals surface area contributed by atoms with Crippen molar-refractivity contribution in [2.24, 2.45) is 0 Å². The predicted octanol–water partition coefficient (Wildman–Crippen LogP) is 4.87. The number of fused-ring (bicyclic) bond motifs is 1. The monoisotopic (exact) mass is 255 g/mol. The zero-order chi connectivity index (χ0) is 13.6. The molecule has 1 N–H and O–H groups in total. The SMILES string of the molecule is CCC(C)(C)c1c[nH]c2ccc(C(F)(F)F)cc12. The second kappa shape index (κ2) is 4.04. The van der Waals surface area contributed by atoms with Gasteiger partial charge in [0.1, 0.15) is 0 Å². The molecule has 2 rings (SSSR count). The number of aromatic amines is 1. The Morgan fingerprint density at radius 2 is 1.83 bits per heavy atom. The van der Waals surface area contributed by atoms with Crippen molar-refractivity contribution < 1.29 is 13.2 Å². The van der Waals surface area contributed by atoms with Crippen LogP contribution in [0.4, 0.5) is 13.2 Å². The molecule has 1 heterocycles. The Kier molecular flexibility index (Phi) is 2.92. The Morgan fingerprint density at radius 1 is 1.17 bits per heavy atom. The van der Waals surface area contributed by atoms with E-state index in [-0.39, 0.29) is 5.41 Å². The largest absolute Gasteiger partial charge is 0.416 e. The highest BCUT2D eigenvalue weighted by Crippen LogP contribution is 2.36. The van der Waals surface area contributed by atoms with Gasteiger partial charge in [0.15, 0.2) is 0 Å². The Bertz CT molecular complexity index is 564. The molecular weight excluding hydrogens is 239 g/mol. The van der Waals surface area contributed by atoms with Crippen LogP contribution in [-0.4, -0.2) is 4.98 Å². The van der Waals surface area contributed by atoms with Gasteiger partial charge in [0.05, 0.1) is 5.56 Å². The number of hydrogen-bond acceptors (Lipinski definition) is 0. The fourth-order valence-electron chi connectivity index (χ4n) is 2.05. The van der Waals surface area contributed by atoms with Crippen LogP contribution in [0.25, 0.3) is 10.9 Å². The molecule has 0 saturated carbocycles. The first kappa shape index (κ1) is 13.0. The van der Waals surface area contributed by atoms with Crippen molar-refractivity contribution in [1.82, 2.24) is 4.98 Å². The number of H-pyrrole nitrogens is 1. The third kappa shape index (κ3) is 2.11. The van der Waals surface area contributed by atoms with E-state index in [1.807, 2.05) is 27.0 Å². The van der Waals surface area contributed by atoms with Gasteiger partial charge in [-0.2, -0.15) is 13.2 Å². The number of hydrogen-bond donors (Lipinski definition) is 1. The molecule has 1 aromatic carbocycles. The molecule has 0 saturated heterocycles. The quantitative estimate of drug-likeness (QED) is 0.787. The van der Waals surface area contributed by atoms with Gasteiger partial charge in [0, 0.05) is 17.1 Å². The van der Waals surface area contributed by atoms with Gasteiger partial charge in [0.25, 0.3) is 0 Å². The van der Waals surface area contributed by atoms with Gasteiger partial charge in [-0.25, -0.2) is 0 Å². The first-order chi connectivity index (χ1) is 8.25. The van der Waals surface area contributed by atoms with Crippen LogP contribution < -0.4 is 0 Å². The Morgan fingerprint density at radius 3 is 2.39 bits per heavy atom. The summed E-state index contributed by atoms with van der Waals surface area (Å²) in [4.78, 5) is 3.04. The maximum absolute atomic E-state index is 12.7. The van der Waals surface area contributed by atoms with Crippen LogP contribution in [0.3, 0.4) is 0 Å². The van der Waals surface area contributed by atoms with Crippen LogP contribution in [0.15, 0.2) is 24.4 Å². The molecule has 1 nitrogen and oxygen atoms in total. The van der Waals surface area contributed by atoms with Crippen molar-refractivity contribution in [2.75, 3.05) is 0 Å². The fraction of sp³-hybridized carbons (Fsp3) is 0.429. The summed E-state index contributed by atoms with van der Waals surface area (Å²) in [5.74, 6) is 0. The van der Waals surface area contributed by atoms with Crippen molar-refractivity contribution >= 4 is 10.9 Å². The lowest BCUT2D eigenvalue weighted by atomic mass is 9.82. The summed E-state index contributed by atoms with van der Waals surface area (Å²) in [6, 6.07) is 3.84. The molecule has 0 spiro atoms. The average molecular weight is 255 g/mol. The molecule has 0 radical (unpaired) electrons. The summed E-state index contributed by atoms with van der Waals surface area (Å²) in [5.41, 5.74) is 0.955. The van der Waals surface area contributed by atoms with E-state index in [1.165, 1.54) is 12.1 Å². The number of nitrogens with one attached hydrogen (secondary N) is 1.